The Balaban J connectivity index is 3.06. The number of benzene rings is 1. The lowest BCUT2D eigenvalue weighted by Gasteiger charge is -2.17. The Hall–Kier alpha value is -0.690. The van der Waals surface area contributed by atoms with Crippen molar-refractivity contribution in [3.63, 3.8) is 0 Å². The number of methoxy groups -OCH3 is 1. The van der Waals surface area contributed by atoms with Crippen LogP contribution in [-0.4, -0.2) is 13.0 Å². The highest BCUT2D eigenvalue weighted by Gasteiger charge is 2.12. The minimum absolute atomic E-state index is 0.450. The van der Waals surface area contributed by atoms with Gasteiger partial charge >= 0.3 is 0 Å². The van der Waals surface area contributed by atoms with Gasteiger partial charge in [0.2, 0.25) is 0 Å². The summed E-state index contributed by atoms with van der Waals surface area (Å²) in [6, 6.07) is 6.45. The second-order valence-corrected chi connectivity index (χ2v) is 4.91. The van der Waals surface area contributed by atoms with Crippen LogP contribution in [0.3, 0.4) is 0 Å². The van der Waals surface area contributed by atoms with Gasteiger partial charge in [-0.15, -0.1) is 11.6 Å². The van der Waals surface area contributed by atoms with Gasteiger partial charge in [-0.3, -0.25) is 0 Å². The summed E-state index contributed by atoms with van der Waals surface area (Å²) in [6.07, 6.45) is 0.986. The summed E-state index contributed by atoms with van der Waals surface area (Å²) in [5, 5.41) is 0. The fourth-order valence-corrected chi connectivity index (χ4v) is 2.14. The van der Waals surface area contributed by atoms with Crippen molar-refractivity contribution in [2.45, 2.75) is 39.0 Å². The van der Waals surface area contributed by atoms with Gasteiger partial charge in [-0.1, -0.05) is 32.9 Å². The second kappa shape index (κ2) is 6.15. The maximum absolute atomic E-state index is 5.80. The SMILES string of the molecule is COc1ccc(C(C)C)cc1C(C)CCCl. The molecule has 0 bridgehead atoms. The van der Waals surface area contributed by atoms with Crippen LogP contribution in [0.15, 0.2) is 18.2 Å². The molecule has 0 saturated heterocycles. The predicted molar refractivity (Wildman–Crippen MR) is 70.8 cm³/mol. The normalized spacial score (nSPS) is 12.9. The summed E-state index contributed by atoms with van der Waals surface area (Å²) in [4.78, 5) is 0. The summed E-state index contributed by atoms with van der Waals surface area (Å²) in [7, 11) is 1.72. The minimum atomic E-state index is 0.450. The molecule has 1 nitrogen and oxygen atoms in total. The number of halogens is 1. The van der Waals surface area contributed by atoms with Crippen LogP contribution in [0.1, 0.15) is 50.2 Å². The second-order valence-electron chi connectivity index (χ2n) is 4.53. The lowest BCUT2D eigenvalue weighted by atomic mass is 9.92. The molecule has 1 aromatic rings. The molecule has 1 rings (SSSR count). The molecule has 2 heteroatoms. The largest absolute Gasteiger partial charge is 0.496 e. The number of alkyl halides is 1. The monoisotopic (exact) mass is 240 g/mol. The molecular weight excluding hydrogens is 220 g/mol. The van der Waals surface area contributed by atoms with Crippen LogP contribution in [0.25, 0.3) is 0 Å². The molecular formula is C14H21ClO. The van der Waals surface area contributed by atoms with Crippen LogP contribution in [0.4, 0.5) is 0 Å². The van der Waals surface area contributed by atoms with Crippen molar-refractivity contribution in [1.82, 2.24) is 0 Å². The van der Waals surface area contributed by atoms with E-state index >= 15 is 0 Å². The first-order valence-electron chi connectivity index (χ1n) is 5.84. The molecule has 0 aromatic heterocycles. The zero-order chi connectivity index (χ0) is 12.1. The van der Waals surface area contributed by atoms with Crippen molar-refractivity contribution >= 4 is 11.6 Å². The van der Waals surface area contributed by atoms with E-state index in [2.05, 4.69) is 39.0 Å². The van der Waals surface area contributed by atoms with E-state index in [4.69, 9.17) is 16.3 Å². The summed E-state index contributed by atoms with van der Waals surface area (Å²) >= 11 is 5.80. The van der Waals surface area contributed by atoms with E-state index in [1.807, 2.05) is 0 Å². The molecule has 0 aliphatic carbocycles. The molecule has 1 aromatic carbocycles. The summed E-state index contributed by atoms with van der Waals surface area (Å²) in [5.41, 5.74) is 2.63. The Labute approximate surface area is 104 Å². The fourth-order valence-electron chi connectivity index (χ4n) is 1.82. The predicted octanol–water partition coefficient (Wildman–Crippen LogP) is 4.55. The average Bonchev–Trinajstić information content (AvgIpc) is 2.28. The summed E-state index contributed by atoms with van der Waals surface area (Å²) in [6.45, 7) is 6.61. The topological polar surface area (TPSA) is 9.23 Å². The van der Waals surface area contributed by atoms with E-state index in [1.165, 1.54) is 11.1 Å². The molecule has 16 heavy (non-hydrogen) atoms. The van der Waals surface area contributed by atoms with Crippen LogP contribution in [0.2, 0.25) is 0 Å². The molecule has 0 aliphatic heterocycles. The van der Waals surface area contributed by atoms with Gasteiger partial charge in [-0.2, -0.15) is 0 Å². The molecule has 0 spiro atoms. The van der Waals surface area contributed by atoms with Crippen molar-refractivity contribution in [2.75, 3.05) is 13.0 Å². The lowest BCUT2D eigenvalue weighted by molar-refractivity contribution is 0.405. The molecule has 0 N–H and O–H groups in total. The van der Waals surface area contributed by atoms with Crippen molar-refractivity contribution in [3.8, 4) is 5.75 Å². The third-order valence-corrected chi connectivity index (χ3v) is 3.21. The Bertz CT molecular complexity index is 334. The van der Waals surface area contributed by atoms with E-state index in [0.717, 1.165) is 12.2 Å². The van der Waals surface area contributed by atoms with Crippen molar-refractivity contribution in [2.24, 2.45) is 0 Å². The first-order valence-corrected chi connectivity index (χ1v) is 6.37. The molecule has 1 unspecified atom stereocenters. The molecule has 0 radical (unpaired) electrons. The van der Waals surface area contributed by atoms with Crippen molar-refractivity contribution in [3.05, 3.63) is 29.3 Å². The molecule has 90 valence electrons. The van der Waals surface area contributed by atoms with Gasteiger partial charge in [0.25, 0.3) is 0 Å². The summed E-state index contributed by atoms with van der Waals surface area (Å²) < 4.78 is 5.40. The molecule has 0 aliphatic rings. The highest BCUT2D eigenvalue weighted by molar-refractivity contribution is 6.17. The van der Waals surface area contributed by atoms with Gasteiger partial charge in [-0.25, -0.2) is 0 Å². The van der Waals surface area contributed by atoms with Crippen LogP contribution in [0.5, 0.6) is 5.75 Å². The van der Waals surface area contributed by atoms with Crippen LogP contribution in [0, 0.1) is 0 Å². The van der Waals surface area contributed by atoms with E-state index in [1.54, 1.807) is 7.11 Å². The average molecular weight is 241 g/mol. The van der Waals surface area contributed by atoms with Gasteiger partial charge in [0.05, 0.1) is 7.11 Å². The number of ether oxygens (including phenoxy) is 1. The van der Waals surface area contributed by atoms with Gasteiger partial charge < -0.3 is 4.74 Å². The van der Waals surface area contributed by atoms with Crippen LogP contribution < -0.4 is 4.74 Å². The van der Waals surface area contributed by atoms with Crippen molar-refractivity contribution in [1.29, 1.82) is 0 Å². The highest BCUT2D eigenvalue weighted by atomic mass is 35.5. The maximum Gasteiger partial charge on any atom is 0.122 e. The van der Waals surface area contributed by atoms with Gasteiger partial charge in [0, 0.05) is 5.88 Å². The number of hydrogen-bond donors (Lipinski definition) is 0. The smallest absolute Gasteiger partial charge is 0.122 e. The van der Waals surface area contributed by atoms with E-state index in [0.29, 0.717) is 17.7 Å². The molecule has 0 heterocycles. The third-order valence-electron chi connectivity index (χ3n) is 2.99. The van der Waals surface area contributed by atoms with Gasteiger partial charge in [0.15, 0.2) is 0 Å². The third kappa shape index (κ3) is 3.15. The molecule has 0 amide bonds. The highest BCUT2D eigenvalue weighted by Crippen LogP contribution is 2.31. The molecule has 0 fully saturated rings. The molecule has 0 saturated carbocycles. The van der Waals surface area contributed by atoms with E-state index < -0.39 is 0 Å². The quantitative estimate of drug-likeness (QED) is 0.686. The maximum atomic E-state index is 5.80. The van der Waals surface area contributed by atoms with E-state index in [-0.39, 0.29) is 0 Å². The lowest BCUT2D eigenvalue weighted by Crippen LogP contribution is -2.00. The number of rotatable bonds is 5. The molecule has 1 atom stereocenters. The minimum Gasteiger partial charge on any atom is -0.496 e. The number of hydrogen-bond acceptors (Lipinski definition) is 1. The van der Waals surface area contributed by atoms with Crippen molar-refractivity contribution < 1.29 is 4.74 Å². The van der Waals surface area contributed by atoms with E-state index in [9.17, 15) is 0 Å². The Morgan fingerprint density at radius 1 is 1.25 bits per heavy atom. The standard InChI is InChI=1S/C14H21ClO/c1-10(2)12-5-6-14(16-4)13(9-12)11(3)7-8-15/h5-6,9-11H,7-8H2,1-4H3. The zero-order valence-electron chi connectivity index (χ0n) is 10.6. The van der Waals surface area contributed by atoms with Crippen LogP contribution >= 0.6 is 11.6 Å². The van der Waals surface area contributed by atoms with Crippen LogP contribution in [-0.2, 0) is 0 Å². The Kier molecular flexibility index (Phi) is 5.14. The van der Waals surface area contributed by atoms with Gasteiger partial charge in [0.1, 0.15) is 5.75 Å². The fraction of sp³-hybridized carbons (Fsp3) is 0.571. The Morgan fingerprint density at radius 3 is 2.44 bits per heavy atom. The first kappa shape index (κ1) is 13.4. The van der Waals surface area contributed by atoms with Gasteiger partial charge in [-0.05, 0) is 35.4 Å². The Morgan fingerprint density at radius 2 is 1.94 bits per heavy atom. The summed E-state index contributed by atoms with van der Waals surface area (Å²) in [5.74, 6) is 2.66. The zero-order valence-corrected chi connectivity index (χ0v) is 11.3. The first-order chi connectivity index (χ1) is 7.60.